The summed E-state index contributed by atoms with van der Waals surface area (Å²) in [5.74, 6) is 0. The van der Waals surface area contributed by atoms with Gasteiger partial charge in [-0.25, -0.2) is 0 Å². The van der Waals surface area contributed by atoms with Crippen molar-refractivity contribution in [1.29, 1.82) is 0 Å². The first kappa shape index (κ1) is 9.80. The molecule has 0 aliphatic carbocycles. The van der Waals surface area contributed by atoms with E-state index in [0.29, 0.717) is 19.4 Å². The number of alkyl halides is 3. The van der Waals surface area contributed by atoms with E-state index in [2.05, 4.69) is 5.32 Å². The standard InChI is InChI=1S/C7H12F3NO/c1-6(3-2-4-11-6)5(12)7(8,9)10/h5,11-12H,2-4H2,1H3/t5-,6-/m0/s1. The minimum Gasteiger partial charge on any atom is -0.382 e. The van der Waals surface area contributed by atoms with E-state index in [4.69, 9.17) is 5.11 Å². The lowest BCUT2D eigenvalue weighted by Crippen LogP contribution is -2.54. The van der Waals surface area contributed by atoms with Gasteiger partial charge in [0.05, 0.1) is 5.54 Å². The van der Waals surface area contributed by atoms with Crippen LogP contribution >= 0.6 is 0 Å². The second-order valence-electron chi connectivity index (χ2n) is 3.39. The number of halogens is 3. The molecule has 0 aromatic carbocycles. The number of nitrogens with one attached hydrogen (secondary N) is 1. The van der Waals surface area contributed by atoms with Crippen LogP contribution in [-0.2, 0) is 0 Å². The van der Waals surface area contributed by atoms with Crippen LogP contribution in [0.25, 0.3) is 0 Å². The van der Waals surface area contributed by atoms with Crippen LogP contribution in [0.15, 0.2) is 0 Å². The molecule has 1 aliphatic rings. The van der Waals surface area contributed by atoms with Crippen molar-refractivity contribution in [3.8, 4) is 0 Å². The Morgan fingerprint density at radius 1 is 1.50 bits per heavy atom. The summed E-state index contributed by atoms with van der Waals surface area (Å²) in [6, 6.07) is 0. The van der Waals surface area contributed by atoms with Gasteiger partial charge < -0.3 is 10.4 Å². The Hall–Kier alpha value is -0.290. The molecule has 1 saturated heterocycles. The molecule has 1 aliphatic heterocycles. The Labute approximate surface area is 68.8 Å². The average molecular weight is 183 g/mol. The molecule has 0 bridgehead atoms. The van der Waals surface area contributed by atoms with Crippen molar-refractivity contribution in [3.05, 3.63) is 0 Å². The number of hydrogen-bond acceptors (Lipinski definition) is 2. The van der Waals surface area contributed by atoms with Gasteiger partial charge in [-0.2, -0.15) is 13.2 Å². The molecule has 0 unspecified atom stereocenters. The Morgan fingerprint density at radius 2 is 2.08 bits per heavy atom. The van der Waals surface area contributed by atoms with Crippen molar-refractivity contribution >= 4 is 0 Å². The third-order valence-corrected chi connectivity index (χ3v) is 2.32. The van der Waals surface area contributed by atoms with Gasteiger partial charge >= 0.3 is 6.18 Å². The van der Waals surface area contributed by atoms with Crippen LogP contribution in [0.4, 0.5) is 13.2 Å². The monoisotopic (exact) mass is 183 g/mol. The predicted molar refractivity (Wildman–Crippen MR) is 37.7 cm³/mol. The van der Waals surface area contributed by atoms with Crippen LogP contribution in [0.5, 0.6) is 0 Å². The number of aliphatic hydroxyl groups is 1. The summed E-state index contributed by atoms with van der Waals surface area (Å²) in [6.07, 6.45) is -5.73. The lowest BCUT2D eigenvalue weighted by molar-refractivity contribution is -0.223. The van der Waals surface area contributed by atoms with E-state index in [-0.39, 0.29) is 0 Å². The maximum atomic E-state index is 12.1. The minimum absolute atomic E-state index is 0.369. The summed E-state index contributed by atoms with van der Waals surface area (Å²) >= 11 is 0. The van der Waals surface area contributed by atoms with Crippen LogP contribution in [0.2, 0.25) is 0 Å². The number of hydrogen-bond donors (Lipinski definition) is 2. The Bertz CT molecular complexity index is 163. The largest absolute Gasteiger partial charge is 0.416 e. The molecule has 1 fully saturated rings. The zero-order valence-corrected chi connectivity index (χ0v) is 6.78. The third-order valence-electron chi connectivity index (χ3n) is 2.32. The molecular weight excluding hydrogens is 171 g/mol. The van der Waals surface area contributed by atoms with Gasteiger partial charge in [-0.15, -0.1) is 0 Å². The molecule has 12 heavy (non-hydrogen) atoms. The van der Waals surface area contributed by atoms with Gasteiger partial charge in [0.2, 0.25) is 0 Å². The molecule has 0 amide bonds. The molecule has 1 rings (SSSR count). The molecule has 0 saturated carbocycles. The Morgan fingerprint density at radius 3 is 2.42 bits per heavy atom. The Balaban J connectivity index is 2.68. The zero-order chi connectivity index (χ0) is 9.41. The maximum absolute atomic E-state index is 12.1. The van der Waals surface area contributed by atoms with Crippen LogP contribution in [0.3, 0.4) is 0 Å². The fourth-order valence-corrected chi connectivity index (χ4v) is 1.51. The van der Waals surface area contributed by atoms with Crippen molar-refractivity contribution in [3.63, 3.8) is 0 Å². The van der Waals surface area contributed by atoms with E-state index in [1.807, 2.05) is 0 Å². The average Bonchev–Trinajstić information content (AvgIpc) is 2.34. The quantitative estimate of drug-likeness (QED) is 0.637. The van der Waals surface area contributed by atoms with Gasteiger partial charge in [0, 0.05) is 0 Å². The van der Waals surface area contributed by atoms with Crippen LogP contribution < -0.4 is 5.32 Å². The smallest absolute Gasteiger partial charge is 0.382 e. The summed E-state index contributed by atoms with van der Waals surface area (Å²) in [6.45, 7) is 1.95. The highest BCUT2D eigenvalue weighted by atomic mass is 19.4. The summed E-state index contributed by atoms with van der Waals surface area (Å²) in [4.78, 5) is 0. The first-order chi connectivity index (χ1) is 5.36. The highest BCUT2D eigenvalue weighted by Gasteiger charge is 2.51. The lowest BCUT2D eigenvalue weighted by Gasteiger charge is -2.31. The van der Waals surface area contributed by atoms with Crippen molar-refractivity contribution in [2.75, 3.05) is 6.54 Å². The van der Waals surface area contributed by atoms with Gasteiger partial charge in [0.1, 0.15) is 0 Å². The minimum atomic E-state index is -4.52. The van der Waals surface area contributed by atoms with Gasteiger partial charge in [-0.05, 0) is 26.3 Å². The first-order valence-electron chi connectivity index (χ1n) is 3.86. The van der Waals surface area contributed by atoms with Crippen molar-refractivity contribution in [1.82, 2.24) is 5.32 Å². The summed E-state index contributed by atoms with van der Waals surface area (Å²) in [7, 11) is 0. The maximum Gasteiger partial charge on any atom is 0.416 e. The van der Waals surface area contributed by atoms with Gasteiger partial charge in [0.15, 0.2) is 6.10 Å². The molecule has 2 N–H and O–H groups in total. The lowest BCUT2D eigenvalue weighted by atomic mass is 9.93. The molecule has 0 aromatic heterocycles. The molecule has 2 atom stereocenters. The second kappa shape index (κ2) is 2.88. The molecule has 2 nitrogen and oxygen atoms in total. The molecular formula is C7H12F3NO. The molecule has 72 valence electrons. The topological polar surface area (TPSA) is 32.3 Å². The SMILES string of the molecule is C[C@@]1([C@H](O)C(F)(F)F)CCCN1. The van der Waals surface area contributed by atoms with E-state index in [9.17, 15) is 13.2 Å². The van der Waals surface area contributed by atoms with Gasteiger partial charge in [0.25, 0.3) is 0 Å². The fraction of sp³-hybridized carbons (Fsp3) is 1.00. The zero-order valence-electron chi connectivity index (χ0n) is 6.78. The number of rotatable bonds is 1. The third kappa shape index (κ3) is 1.72. The molecule has 0 aromatic rings. The summed E-state index contributed by atoms with van der Waals surface area (Å²) < 4.78 is 36.2. The van der Waals surface area contributed by atoms with E-state index >= 15 is 0 Å². The first-order valence-corrected chi connectivity index (χ1v) is 3.86. The molecule has 0 radical (unpaired) electrons. The summed E-state index contributed by atoms with van der Waals surface area (Å²) in [5, 5.41) is 11.6. The summed E-state index contributed by atoms with van der Waals surface area (Å²) in [5.41, 5.74) is -1.18. The van der Waals surface area contributed by atoms with Crippen LogP contribution in [0.1, 0.15) is 19.8 Å². The van der Waals surface area contributed by atoms with Gasteiger partial charge in [-0.1, -0.05) is 0 Å². The highest BCUT2D eigenvalue weighted by Crippen LogP contribution is 2.33. The van der Waals surface area contributed by atoms with Crippen molar-refractivity contribution in [2.24, 2.45) is 0 Å². The van der Waals surface area contributed by atoms with Crippen molar-refractivity contribution in [2.45, 2.75) is 37.6 Å². The highest BCUT2D eigenvalue weighted by molar-refractivity contribution is 4.97. The van der Waals surface area contributed by atoms with Crippen molar-refractivity contribution < 1.29 is 18.3 Å². The number of aliphatic hydroxyl groups excluding tert-OH is 1. The van der Waals surface area contributed by atoms with Gasteiger partial charge in [-0.3, -0.25) is 0 Å². The fourth-order valence-electron chi connectivity index (χ4n) is 1.51. The second-order valence-corrected chi connectivity index (χ2v) is 3.39. The predicted octanol–water partition coefficient (Wildman–Crippen LogP) is 1.05. The van der Waals surface area contributed by atoms with E-state index in [1.165, 1.54) is 6.92 Å². The Kier molecular flexibility index (Phi) is 2.35. The molecule has 0 spiro atoms. The van der Waals surface area contributed by atoms with E-state index in [1.54, 1.807) is 0 Å². The van der Waals surface area contributed by atoms with Crippen LogP contribution in [-0.4, -0.2) is 29.5 Å². The van der Waals surface area contributed by atoms with Crippen LogP contribution in [0, 0.1) is 0 Å². The van der Waals surface area contributed by atoms with E-state index in [0.717, 1.165) is 0 Å². The molecule has 1 heterocycles. The van der Waals surface area contributed by atoms with E-state index < -0.39 is 17.8 Å². The molecule has 5 heteroatoms. The normalized spacial score (nSPS) is 33.8.